The summed E-state index contributed by atoms with van der Waals surface area (Å²) in [5, 5.41) is 8.36. The molecule has 0 aromatic heterocycles. The Kier molecular flexibility index (Phi) is 4.47. The van der Waals surface area contributed by atoms with Crippen LogP contribution in [0.15, 0.2) is 18.2 Å². The van der Waals surface area contributed by atoms with Crippen molar-refractivity contribution in [1.82, 2.24) is 0 Å². The SMILES string of the molecule is O=C(O)CCC(=O)c1ccc(OC(F)(F)F)c(F)c1. The molecule has 0 spiro atoms. The molecule has 1 aromatic rings. The van der Waals surface area contributed by atoms with Gasteiger partial charge in [0.1, 0.15) is 0 Å². The van der Waals surface area contributed by atoms with Crippen LogP contribution in [0.4, 0.5) is 17.6 Å². The van der Waals surface area contributed by atoms with Crippen molar-refractivity contribution in [1.29, 1.82) is 0 Å². The highest BCUT2D eigenvalue weighted by molar-refractivity contribution is 5.97. The van der Waals surface area contributed by atoms with E-state index >= 15 is 0 Å². The van der Waals surface area contributed by atoms with Crippen molar-refractivity contribution < 1.29 is 37.0 Å². The van der Waals surface area contributed by atoms with Gasteiger partial charge in [0.15, 0.2) is 17.3 Å². The molecule has 1 aromatic carbocycles. The van der Waals surface area contributed by atoms with Gasteiger partial charge in [-0.2, -0.15) is 0 Å². The summed E-state index contributed by atoms with van der Waals surface area (Å²) in [6.07, 6.45) is -5.84. The zero-order chi connectivity index (χ0) is 14.6. The van der Waals surface area contributed by atoms with E-state index in [0.717, 1.165) is 6.07 Å². The van der Waals surface area contributed by atoms with Gasteiger partial charge in [0.05, 0.1) is 6.42 Å². The summed E-state index contributed by atoms with van der Waals surface area (Å²) in [6, 6.07) is 2.18. The number of rotatable bonds is 5. The highest BCUT2D eigenvalue weighted by Gasteiger charge is 2.32. The van der Waals surface area contributed by atoms with Crippen molar-refractivity contribution in [3.63, 3.8) is 0 Å². The number of aliphatic carboxylic acids is 1. The van der Waals surface area contributed by atoms with Crippen LogP contribution in [0.25, 0.3) is 0 Å². The first kappa shape index (κ1) is 14.9. The minimum absolute atomic E-state index is 0.215. The number of carbonyl (C=O) groups excluding carboxylic acids is 1. The summed E-state index contributed by atoms with van der Waals surface area (Å²) in [5.41, 5.74) is -0.215. The third kappa shape index (κ3) is 4.94. The predicted octanol–water partition coefficient (Wildman–Crippen LogP) is 2.77. The van der Waals surface area contributed by atoms with E-state index in [-0.39, 0.29) is 12.0 Å². The fourth-order valence-electron chi connectivity index (χ4n) is 1.25. The highest BCUT2D eigenvalue weighted by atomic mass is 19.4. The topological polar surface area (TPSA) is 63.6 Å². The second-order valence-corrected chi connectivity index (χ2v) is 3.51. The Morgan fingerprint density at radius 3 is 2.32 bits per heavy atom. The summed E-state index contributed by atoms with van der Waals surface area (Å²) in [6.45, 7) is 0. The maximum Gasteiger partial charge on any atom is 0.573 e. The number of hydrogen-bond donors (Lipinski definition) is 1. The Morgan fingerprint density at radius 1 is 1.21 bits per heavy atom. The van der Waals surface area contributed by atoms with E-state index in [1.165, 1.54) is 0 Å². The molecule has 0 aliphatic rings. The van der Waals surface area contributed by atoms with Gasteiger partial charge < -0.3 is 9.84 Å². The summed E-state index contributed by atoms with van der Waals surface area (Å²) in [5.74, 6) is -4.29. The quantitative estimate of drug-likeness (QED) is 0.665. The van der Waals surface area contributed by atoms with Crippen molar-refractivity contribution in [3.05, 3.63) is 29.6 Å². The molecule has 8 heteroatoms. The van der Waals surface area contributed by atoms with Gasteiger partial charge in [0.2, 0.25) is 0 Å². The minimum Gasteiger partial charge on any atom is -0.481 e. The molecule has 0 radical (unpaired) electrons. The molecule has 4 nitrogen and oxygen atoms in total. The van der Waals surface area contributed by atoms with E-state index in [9.17, 15) is 27.2 Å². The lowest BCUT2D eigenvalue weighted by atomic mass is 10.1. The van der Waals surface area contributed by atoms with Crippen LogP contribution in [-0.4, -0.2) is 23.2 Å². The van der Waals surface area contributed by atoms with Crippen molar-refractivity contribution in [2.45, 2.75) is 19.2 Å². The zero-order valence-corrected chi connectivity index (χ0v) is 9.33. The number of carbonyl (C=O) groups is 2. The van der Waals surface area contributed by atoms with Gasteiger partial charge in [-0.3, -0.25) is 9.59 Å². The van der Waals surface area contributed by atoms with Crippen LogP contribution in [0.3, 0.4) is 0 Å². The van der Waals surface area contributed by atoms with E-state index in [1.54, 1.807) is 0 Å². The molecule has 1 N–H and O–H groups in total. The van der Waals surface area contributed by atoms with Crippen molar-refractivity contribution in [2.24, 2.45) is 0 Å². The van der Waals surface area contributed by atoms with E-state index in [2.05, 4.69) is 4.74 Å². The van der Waals surface area contributed by atoms with Crippen LogP contribution in [0.5, 0.6) is 5.75 Å². The number of carboxylic acids is 1. The molecule has 0 aliphatic heterocycles. The van der Waals surface area contributed by atoms with Crippen molar-refractivity contribution in [3.8, 4) is 5.75 Å². The Labute approximate surface area is 104 Å². The molecule has 0 saturated carbocycles. The van der Waals surface area contributed by atoms with Crippen LogP contribution in [-0.2, 0) is 4.79 Å². The standard InChI is InChI=1S/C11H8F4O4/c12-7-5-6(8(16)2-4-10(17)18)1-3-9(7)19-11(13,14)15/h1,3,5H,2,4H2,(H,17,18). The third-order valence-electron chi connectivity index (χ3n) is 2.05. The average Bonchev–Trinajstić information content (AvgIpc) is 2.27. The molecule has 0 unspecified atom stereocenters. The minimum atomic E-state index is -5.03. The van der Waals surface area contributed by atoms with E-state index in [0.29, 0.717) is 12.1 Å². The number of alkyl halides is 3. The fraction of sp³-hybridized carbons (Fsp3) is 0.273. The maximum atomic E-state index is 13.2. The lowest BCUT2D eigenvalue weighted by Crippen LogP contribution is -2.18. The smallest absolute Gasteiger partial charge is 0.481 e. The summed E-state index contributed by atoms with van der Waals surface area (Å²) < 4.78 is 52.2. The zero-order valence-electron chi connectivity index (χ0n) is 9.33. The maximum absolute atomic E-state index is 13.2. The van der Waals surface area contributed by atoms with Gasteiger partial charge in [-0.05, 0) is 18.2 Å². The summed E-state index contributed by atoms with van der Waals surface area (Å²) >= 11 is 0. The first-order valence-corrected chi connectivity index (χ1v) is 4.99. The molecule has 0 aliphatic carbocycles. The van der Waals surface area contributed by atoms with Gasteiger partial charge in [-0.25, -0.2) is 4.39 Å². The highest BCUT2D eigenvalue weighted by Crippen LogP contribution is 2.26. The lowest BCUT2D eigenvalue weighted by molar-refractivity contribution is -0.275. The largest absolute Gasteiger partial charge is 0.573 e. The number of ether oxygens (including phenoxy) is 1. The van der Waals surface area contributed by atoms with Crippen LogP contribution < -0.4 is 4.74 Å². The normalized spacial score (nSPS) is 11.2. The Morgan fingerprint density at radius 2 is 1.84 bits per heavy atom. The van der Waals surface area contributed by atoms with Crippen LogP contribution in [0.1, 0.15) is 23.2 Å². The van der Waals surface area contributed by atoms with E-state index < -0.39 is 36.1 Å². The molecular weight excluding hydrogens is 272 g/mol. The molecule has 104 valence electrons. The Balaban J connectivity index is 2.82. The van der Waals surface area contributed by atoms with E-state index in [1.807, 2.05) is 0 Å². The predicted molar refractivity (Wildman–Crippen MR) is 54.3 cm³/mol. The number of benzene rings is 1. The third-order valence-corrected chi connectivity index (χ3v) is 2.05. The molecule has 0 heterocycles. The Hall–Kier alpha value is -2.12. The molecule has 0 amide bonds. The molecule has 0 atom stereocenters. The number of Topliss-reactive ketones (excluding diaryl/α,β-unsaturated/α-hetero) is 1. The van der Waals surface area contributed by atoms with Crippen LogP contribution in [0, 0.1) is 5.82 Å². The van der Waals surface area contributed by atoms with Crippen LogP contribution >= 0.6 is 0 Å². The lowest BCUT2D eigenvalue weighted by Gasteiger charge is -2.10. The monoisotopic (exact) mass is 280 g/mol. The number of halogens is 4. The first-order valence-electron chi connectivity index (χ1n) is 4.99. The average molecular weight is 280 g/mol. The molecule has 0 fully saturated rings. The first-order chi connectivity index (χ1) is 8.69. The van der Waals surface area contributed by atoms with Gasteiger partial charge in [0.25, 0.3) is 0 Å². The van der Waals surface area contributed by atoms with Crippen molar-refractivity contribution >= 4 is 11.8 Å². The number of hydrogen-bond acceptors (Lipinski definition) is 3. The number of ketones is 1. The van der Waals surface area contributed by atoms with Gasteiger partial charge in [0, 0.05) is 12.0 Å². The molecule has 0 saturated heterocycles. The van der Waals surface area contributed by atoms with Crippen molar-refractivity contribution in [2.75, 3.05) is 0 Å². The molecule has 1 rings (SSSR count). The molecule has 19 heavy (non-hydrogen) atoms. The number of carboxylic acid groups (broad SMARTS) is 1. The van der Waals surface area contributed by atoms with Gasteiger partial charge in [-0.1, -0.05) is 0 Å². The summed E-state index contributed by atoms with van der Waals surface area (Å²) in [4.78, 5) is 21.6. The fourth-order valence-corrected chi connectivity index (χ4v) is 1.25. The van der Waals surface area contributed by atoms with Crippen LogP contribution in [0.2, 0.25) is 0 Å². The molecular formula is C11H8F4O4. The Bertz CT molecular complexity index is 496. The van der Waals surface area contributed by atoms with E-state index in [4.69, 9.17) is 5.11 Å². The summed E-state index contributed by atoms with van der Waals surface area (Å²) in [7, 11) is 0. The molecule has 0 bridgehead atoms. The van der Waals surface area contributed by atoms with Gasteiger partial charge in [-0.15, -0.1) is 13.2 Å². The second kappa shape index (κ2) is 5.68. The van der Waals surface area contributed by atoms with Gasteiger partial charge >= 0.3 is 12.3 Å². The second-order valence-electron chi connectivity index (χ2n) is 3.51.